The molecule has 0 bridgehead atoms. The van der Waals surface area contributed by atoms with E-state index in [2.05, 4.69) is 15.5 Å². The summed E-state index contributed by atoms with van der Waals surface area (Å²) in [6, 6.07) is 9.55. The molecule has 19 heavy (non-hydrogen) atoms. The SMILES string of the molecule is Cc1cc(C(=O)NC(C(N)=O)c2ccccc2)n[nH]1. The zero-order chi connectivity index (χ0) is 13.8. The average Bonchev–Trinajstić information content (AvgIpc) is 2.83. The highest BCUT2D eigenvalue weighted by molar-refractivity contribution is 5.96. The molecule has 1 aromatic carbocycles. The first kappa shape index (κ1) is 12.8. The predicted octanol–water partition coefficient (Wildman–Crippen LogP) is 0.675. The van der Waals surface area contributed by atoms with Gasteiger partial charge in [0.2, 0.25) is 5.91 Å². The van der Waals surface area contributed by atoms with Gasteiger partial charge in [-0.15, -0.1) is 0 Å². The minimum Gasteiger partial charge on any atom is -0.368 e. The summed E-state index contributed by atoms with van der Waals surface area (Å²) in [5, 5.41) is 9.06. The van der Waals surface area contributed by atoms with E-state index in [9.17, 15) is 9.59 Å². The van der Waals surface area contributed by atoms with Crippen molar-refractivity contribution in [1.82, 2.24) is 15.5 Å². The molecule has 1 aromatic heterocycles. The van der Waals surface area contributed by atoms with Crippen LogP contribution in [0.3, 0.4) is 0 Å². The quantitative estimate of drug-likeness (QED) is 0.751. The number of hydrogen-bond donors (Lipinski definition) is 3. The number of aromatic amines is 1. The fourth-order valence-corrected chi connectivity index (χ4v) is 1.70. The van der Waals surface area contributed by atoms with Gasteiger partial charge in [0.15, 0.2) is 0 Å². The van der Waals surface area contributed by atoms with Gasteiger partial charge < -0.3 is 11.1 Å². The van der Waals surface area contributed by atoms with Crippen LogP contribution >= 0.6 is 0 Å². The summed E-state index contributed by atoms with van der Waals surface area (Å²) in [6.07, 6.45) is 0. The number of hydrogen-bond acceptors (Lipinski definition) is 3. The molecule has 0 saturated carbocycles. The van der Waals surface area contributed by atoms with E-state index in [1.54, 1.807) is 37.3 Å². The molecule has 6 heteroatoms. The predicted molar refractivity (Wildman–Crippen MR) is 69.2 cm³/mol. The number of aromatic nitrogens is 2. The Morgan fingerprint density at radius 2 is 2.00 bits per heavy atom. The van der Waals surface area contributed by atoms with Crippen LogP contribution in [0.5, 0.6) is 0 Å². The molecule has 2 aromatic rings. The van der Waals surface area contributed by atoms with Crippen LogP contribution in [0.25, 0.3) is 0 Å². The lowest BCUT2D eigenvalue weighted by molar-refractivity contribution is -0.120. The summed E-state index contributed by atoms with van der Waals surface area (Å²) in [5.41, 5.74) is 6.94. The van der Waals surface area contributed by atoms with Crippen LogP contribution in [-0.4, -0.2) is 22.0 Å². The molecular formula is C13H14N4O2. The Kier molecular flexibility index (Phi) is 3.61. The Morgan fingerprint density at radius 1 is 1.32 bits per heavy atom. The molecular weight excluding hydrogens is 244 g/mol. The number of aryl methyl sites for hydroxylation is 1. The van der Waals surface area contributed by atoms with Crippen LogP contribution in [0.2, 0.25) is 0 Å². The first-order valence-corrected chi connectivity index (χ1v) is 5.75. The van der Waals surface area contributed by atoms with Gasteiger partial charge in [-0.25, -0.2) is 0 Å². The fraction of sp³-hybridized carbons (Fsp3) is 0.154. The Hall–Kier alpha value is -2.63. The van der Waals surface area contributed by atoms with Crippen LogP contribution in [0.15, 0.2) is 36.4 Å². The number of nitrogens with zero attached hydrogens (tertiary/aromatic N) is 1. The molecule has 0 spiro atoms. The molecule has 4 N–H and O–H groups in total. The van der Waals surface area contributed by atoms with Gasteiger partial charge >= 0.3 is 0 Å². The van der Waals surface area contributed by atoms with Crippen LogP contribution in [-0.2, 0) is 4.79 Å². The molecule has 0 aliphatic carbocycles. The van der Waals surface area contributed by atoms with Crippen LogP contribution in [0.1, 0.15) is 27.8 Å². The maximum absolute atomic E-state index is 11.9. The van der Waals surface area contributed by atoms with Crippen molar-refractivity contribution in [2.75, 3.05) is 0 Å². The van der Waals surface area contributed by atoms with Gasteiger partial charge in [-0.2, -0.15) is 5.10 Å². The molecule has 1 atom stereocenters. The van der Waals surface area contributed by atoms with E-state index in [4.69, 9.17) is 5.73 Å². The van der Waals surface area contributed by atoms with Crippen molar-refractivity contribution < 1.29 is 9.59 Å². The number of H-pyrrole nitrogens is 1. The Morgan fingerprint density at radius 3 is 2.53 bits per heavy atom. The molecule has 0 aliphatic rings. The number of carbonyl (C=O) groups excluding carboxylic acids is 2. The Balaban J connectivity index is 2.18. The smallest absolute Gasteiger partial charge is 0.272 e. The summed E-state index contributed by atoms with van der Waals surface area (Å²) in [7, 11) is 0. The summed E-state index contributed by atoms with van der Waals surface area (Å²) in [6.45, 7) is 1.78. The van der Waals surface area contributed by atoms with Crippen molar-refractivity contribution in [1.29, 1.82) is 0 Å². The monoisotopic (exact) mass is 258 g/mol. The van der Waals surface area contributed by atoms with Crippen molar-refractivity contribution in [3.63, 3.8) is 0 Å². The third kappa shape index (κ3) is 2.98. The van der Waals surface area contributed by atoms with Gasteiger partial charge in [0.1, 0.15) is 11.7 Å². The summed E-state index contributed by atoms with van der Waals surface area (Å²) >= 11 is 0. The first-order chi connectivity index (χ1) is 9.08. The van der Waals surface area contributed by atoms with Gasteiger partial charge in [-0.1, -0.05) is 30.3 Å². The second-order valence-electron chi connectivity index (χ2n) is 4.16. The zero-order valence-corrected chi connectivity index (χ0v) is 10.4. The van der Waals surface area contributed by atoms with Crippen molar-refractivity contribution >= 4 is 11.8 Å². The highest BCUT2D eigenvalue weighted by Gasteiger charge is 2.21. The molecule has 0 fully saturated rings. The maximum Gasteiger partial charge on any atom is 0.272 e. The van der Waals surface area contributed by atoms with E-state index >= 15 is 0 Å². The van der Waals surface area contributed by atoms with Crippen molar-refractivity contribution in [2.45, 2.75) is 13.0 Å². The van der Waals surface area contributed by atoms with Gasteiger partial charge in [-0.05, 0) is 18.6 Å². The molecule has 1 unspecified atom stereocenters. The van der Waals surface area contributed by atoms with Crippen molar-refractivity contribution in [2.24, 2.45) is 5.73 Å². The van der Waals surface area contributed by atoms with Crippen LogP contribution in [0, 0.1) is 6.92 Å². The van der Waals surface area contributed by atoms with Crippen molar-refractivity contribution in [3.8, 4) is 0 Å². The summed E-state index contributed by atoms with van der Waals surface area (Å²) in [4.78, 5) is 23.4. The molecule has 0 aliphatic heterocycles. The van der Waals surface area contributed by atoms with Crippen LogP contribution < -0.4 is 11.1 Å². The van der Waals surface area contributed by atoms with Gasteiger partial charge in [0.25, 0.3) is 5.91 Å². The molecule has 6 nitrogen and oxygen atoms in total. The molecule has 2 amide bonds. The second kappa shape index (κ2) is 5.34. The number of amides is 2. The third-order valence-corrected chi connectivity index (χ3v) is 2.63. The minimum absolute atomic E-state index is 0.222. The molecule has 1 heterocycles. The molecule has 2 rings (SSSR count). The number of nitrogens with one attached hydrogen (secondary N) is 2. The summed E-state index contributed by atoms with van der Waals surface area (Å²) < 4.78 is 0. The highest BCUT2D eigenvalue weighted by Crippen LogP contribution is 2.12. The van der Waals surface area contributed by atoms with Crippen molar-refractivity contribution in [3.05, 3.63) is 53.3 Å². The average molecular weight is 258 g/mol. The number of benzene rings is 1. The lowest BCUT2D eigenvalue weighted by Crippen LogP contribution is -2.37. The van der Waals surface area contributed by atoms with E-state index in [1.807, 2.05) is 6.07 Å². The van der Waals surface area contributed by atoms with Crippen LogP contribution in [0.4, 0.5) is 0 Å². The normalized spacial score (nSPS) is 11.8. The fourth-order valence-electron chi connectivity index (χ4n) is 1.70. The maximum atomic E-state index is 11.9. The number of carbonyl (C=O) groups is 2. The van der Waals surface area contributed by atoms with E-state index in [1.165, 1.54) is 0 Å². The van der Waals surface area contributed by atoms with E-state index < -0.39 is 17.9 Å². The number of nitrogens with two attached hydrogens (primary N) is 1. The third-order valence-electron chi connectivity index (χ3n) is 2.63. The number of rotatable bonds is 4. The highest BCUT2D eigenvalue weighted by atomic mass is 16.2. The lowest BCUT2D eigenvalue weighted by Gasteiger charge is -2.14. The largest absolute Gasteiger partial charge is 0.368 e. The van der Waals surface area contributed by atoms with E-state index in [-0.39, 0.29) is 5.69 Å². The standard InChI is InChI=1S/C13H14N4O2/c1-8-7-10(17-16-8)13(19)15-11(12(14)18)9-5-3-2-4-6-9/h2-7,11H,1H3,(H2,14,18)(H,15,19)(H,16,17). The minimum atomic E-state index is -0.870. The van der Waals surface area contributed by atoms with Gasteiger partial charge in [0.05, 0.1) is 0 Å². The second-order valence-corrected chi connectivity index (χ2v) is 4.16. The zero-order valence-electron chi connectivity index (χ0n) is 10.4. The van der Waals surface area contributed by atoms with E-state index in [0.29, 0.717) is 5.56 Å². The molecule has 0 saturated heterocycles. The Labute approximate surface area is 110 Å². The number of primary amides is 1. The Bertz CT molecular complexity index is 592. The molecule has 98 valence electrons. The summed E-state index contributed by atoms with van der Waals surface area (Å²) in [5.74, 6) is -1.07. The first-order valence-electron chi connectivity index (χ1n) is 5.75. The van der Waals surface area contributed by atoms with Gasteiger partial charge in [-0.3, -0.25) is 14.7 Å². The molecule has 0 radical (unpaired) electrons. The van der Waals surface area contributed by atoms with E-state index in [0.717, 1.165) is 5.69 Å². The van der Waals surface area contributed by atoms with Gasteiger partial charge in [0, 0.05) is 5.69 Å². The lowest BCUT2D eigenvalue weighted by atomic mass is 10.1. The topological polar surface area (TPSA) is 101 Å².